The Bertz CT molecular complexity index is 1690. The average Bonchev–Trinajstić information content (AvgIpc) is 3.79. The van der Waals surface area contributed by atoms with Crippen LogP contribution < -0.4 is 0 Å². The second kappa shape index (κ2) is 20.2. The predicted octanol–water partition coefficient (Wildman–Crippen LogP) is 16.4. The molecular weight excluding hydrogens is 773 g/mol. The summed E-state index contributed by atoms with van der Waals surface area (Å²) >= 11 is 0. The second-order valence-electron chi connectivity index (χ2n) is 24.7. The lowest BCUT2D eigenvalue weighted by Crippen LogP contribution is -2.50. The molecule has 0 amide bonds. The Morgan fingerprint density at radius 1 is 0.556 bits per heavy atom. The Morgan fingerprint density at radius 3 is 1.48 bits per heavy atom. The third-order valence-electron chi connectivity index (χ3n) is 21.5. The van der Waals surface area contributed by atoms with E-state index in [0.717, 1.165) is 85.9 Å². The minimum Gasteiger partial charge on any atom is -0.459 e. The van der Waals surface area contributed by atoms with Gasteiger partial charge in [-0.2, -0.15) is 0 Å². The molecule has 8 aliphatic carbocycles. The molecule has 8 aliphatic rings. The summed E-state index contributed by atoms with van der Waals surface area (Å²) < 4.78 is 12.3. The van der Waals surface area contributed by atoms with Crippen LogP contribution in [0.5, 0.6) is 0 Å². The highest BCUT2D eigenvalue weighted by Crippen LogP contribution is 2.68. The maximum Gasteiger partial charge on any atom is 0.334 e. The summed E-state index contributed by atoms with van der Waals surface area (Å²) in [5, 5.41) is 0. The minimum atomic E-state index is -0.384. The van der Waals surface area contributed by atoms with Crippen molar-refractivity contribution >= 4 is 11.9 Å². The highest BCUT2D eigenvalue weighted by Gasteiger charge is 2.60. The molecule has 0 aromatic rings. The van der Waals surface area contributed by atoms with Crippen LogP contribution >= 0.6 is 0 Å². The summed E-state index contributed by atoms with van der Waals surface area (Å²) in [7, 11) is 0. The number of hydrogen-bond donors (Lipinski definition) is 0. The fraction of sp³-hybridized carbons (Fsp3) is 0.864. The monoisotopic (exact) mass is 867 g/mol. The van der Waals surface area contributed by atoms with E-state index in [9.17, 15) is 9.59 Å². The molecule has 0 aromatic carbocycles. The number of ether oxygens (including phenoxy) is 2. The largest absolute Gasteiger partial charge is 0.459 e. The van der Waals surface area contributed by atoms with E-state index in [2.05, 4.69) is 53.7 Å². The fourth-order valence-corrected chi connectivity index (χ4v) is 17.6. The van der Waals surface area contributed by atoms with Crippen molar-refractivity contribution in [2.75, 3.05) is 0 Å². The lowest BCUT2D eigenvalue weighted by molar-refractivity contribution is -0.149. The molecule has 4 heteroatoms. The molecule has 6 fully saturated rings. The van der Waals surface area contributed by atoms with Crippen molar-refractivity contribution < 1.29 is 19.1 Å². The maximum atomic E-state index is 13.5. The maximum absolute atomic E-state index is 13.5. The number of fused-ring (bicyclic) bond motifs is 10. The van der Waals surface area contributed by atoms with E-state index in [1.807, 2.05) is 0 Å². The summed E-state index contributed by atoms with van der Waals surface area (Å²) in [5.74, 6) is 6.00. The molecule has 0 radical (unpaired) electrons. The molecule has 0 N–H and O–H groups in total. The van der Waals surface area contributed by atoms with Crippen LogP contribution in [0.2, 0.25) is 0 Å². The normalized spacial score (nSPS) is 41.8. The van der Waals surface area contributed by atoms with E-state index in [4.69, 9.17) is 9.47 Å². The highest BCUT2D eigenvalue weighted by atomic mass is 16.5. The van der Waals surface area contributed by atoms with Gasteiger partial charge in [0.1, 0.15) is 12.2 Å². The molecule has 354 valence electrons. The number of carbonyl (C=O) groups excluding carboxylic acids is 2. The first kappa shape index (κ1) is 47.6. The van der Waals surface area contributed by atoms with Crippen LogP contribution in [-0.2, 0) is 19.1 Å². The molecule has 0 heterocycles. The Morgan fingerprint density at radius 2 is 1.00 bits per heavy atom. The van der Waals surface area contributed by atoms with Gasteiger partial charge in [0.15, 0.2) is 0 Å². The summed E-state index contributed by atoms with van der Waals surface area (Å²) in [4.78, 5) is 26.9. The van der Waals surface area contributed by atoms with Crippen molar-refractivity contribution in [1.29, 1.82) is 0 Å². The Balaban J connectivity index is 0.799. The lowest BCUT2D eigenvalue weighted by Gasteiger charge is -2.58. The van der Waals surface area contributed by atoms with Crippen molar-refractivity contribution in [2.45, 2.75) is 253 Å². The standard InChI is InChI=1S/C59H94O4/c1-8-10-12-14-16-18-20-42-24-28-50-48-26-22-44-39-46(30-34-58(44,6)52(48)32-36-56(42,50)4)62-54(60)38-41(3)55(61)63-47-31-35-59(7)45(40-47)23-27-49-51-29-25-43(21-19-17-15-13-11-9-2)57(51,5)37-33-53(49)59/h22-23,38,42-43,46-53H,8-21,24-37,39-40H2,1-7H3/b41-38-. The molecule has 14 unspecified atom stereocenters. The lowest BCUT2D eigenvalue weighted by atomic mass is 9.47. The predicted molar refractivity (Wildman–Crippen MR) is 260 cm³/mol. The molecule has 4 nitrogen and oxygen atoms in total. The van der Waals surface area contributed by atoms with Gasteiger partial charge >= 0.3 is 11.9 Å². The van der Waals surface area contributed by atoms with Gasteiger partial charge in [-0.3, -0.25) is 0 Å². The van der Waals surface area contributed by atoms with E-state index in [0.29, 0.717) is 16.4 Å². The number of rotatable bonds is 18. The SMILES string of the molecule is CCCCCCCCC1CCC2C3CC=C4CC(OC(=O)/C=C(/C)C(=O)OC5CCC6(C)C(=CCC7C6CCC6(C)C(CCCCCCCC)CCC76)C5)CCC4(C)C3CCC12C. The topological polar surface area (TPSA) is 52.6 Å². The first-order valence-corrected chi connectivity index (χ1v) is 27.8. The van der Waals surface area contributed by atoms with Crippen LogP contribution in [0.4, 0.5) is 0 Å². The number of hydrogen-bond acceptors (Lipinski definition) is 4. The zero-order valence-corrected chi connectivity index (χ0v) is 41.9. The van der Waals surface area contributed by atoms with Crippen molar-refractivity contribution in [3.05, 3.63) is 34.9 Å². The Labute approximate surface area is 386 Å². The van der Waals surface area contributed by atoms with E-state index in [-0.39, 0.29) is 35.0 Å². The summed E-state index contributed by atoms with van der Waals surface area (Å²) in [5.41, 5.74) is 4.98. The van der Waals surface area contributed by atoms with Crippen molar-refractivity contribution in [2.24, 2.45) is 69.0 Å². The van der Waals surface area contributed by atoms with Gasteiger partial charge in [0.25, 0.3) is 0 Å². The zero-order chi connectivity index (χ0) is 44.4. The van der Waals surface area contributed by atoms with Crippen molar-refractivity contribution in [3.63, 3.8) is 0 Å². The first-order valence-electron chi connectivity index (χ1n) is 27.8. The van der Waals surface area contributed by atoms with Gasteiger partial charge in [-0.05, 0) is 179 Å². The van der Waals surface area contributed by atoms with Crippen LogP contribution in [0.1, 0.15) is 241 Å². The van der Waals surface area contributed by atoms with Crippen molar-refractivity contribution in [1.82, 2.24) is 0 Å². The van der Waals surface area contributed by atoms with Crippen molar-refractivity contribution in [3.8, 4) is 0 Å². The van der Waals surface area contributed by atoms with Crippen LogP contribution in [-0.4, -0.2) is 24.1 Å². The van der Waals surface area contributed by atoms with Gasteiger partial charge in [-0.15, -0.1) is 0 Å². The smallest absolute Gasteiger partial charge is 0.334 e. The van der Waals surface area contributed by atoms with Gasteiger partial charge in [0.2, 0.25) is 0 Å². The highest BCUT2D eigenvalue weighted by molar-refractivity contribution is 5.96. The molecule has 14 atom stereocenters. The molecule has 8 rings (SSSR count). The van der Waals surface area contributed by atoms with E-state index in [1.165, 1.54) is 160 Å². The van der Waals surface area contributed by atoms with E-state index < -0.39 is 0 Å². The second-order valence-corrected chi connectivity index (χ2v) is 24.7. The van der Waals surface area contributed by atoms with Gasteiger partial charge in [-0.25, -0.2) is 9.59 Å². The van der Waals surface area contributed by atoms with E-state index in [1.54, 1.807) is 18.1 Å². The summed E-state index contributed by atoms with van der Waals surface area (Å²) in [6.45, 7) is 16.9. The van der Waals surface area contributed by atoms with Crippen LogP contribution in [0.3, 0.4) is 0 Å². The number of unbranched alkanes of at least 4 members (excludes halogenated alkanes) is 10. The Kier molecular flexibility index (Phi) is 15.3. The molecule has 0 aromatic heterocycles. The van der Waals surface area contributed by atoms with Gasteiger partial charge in [-0.1, -0.05) is 142 Å². The quantitative estimate of drug-likeness (QED) is 0.0596. The zero-order valence-electron chi connectivity index (χ0n) is 41.9. The fourth-order valence-electron chi connectivity index (χ4n) is 17.6. The molecule has 63 heavy (non-hydrogen) atoms. The molecule has 0 aliphatic heterocycles. The molecule has 0 spiro atoms. The third kappa shape index (κ3) is 9.53. The summed E-state index contributed by atoms with van der Waals surface area (Å²) in [6.07, 6.45) is 45.6. The third-order valence-corrected chi connectivity index (χ3v) is 21.5. The molecule has 0 bridgehead atoms. The molecule has 0 saturated heterocycles. The van der Waals surface area contributed by atoms with Gasteiger partial charge in [0.05, 0.1) is 0 Å². The molecular formula is C59H94O4. The Hall–Kier alpha value is -1.84. The van der Waals surface area contributed by atoms with Crippen LogP contribution in [0, 0.1) is 69.0 Å². The van der Waals surface area contributed by atoms with Crippen LogP contribution in [0.25, 0.3) is 0 Å². The van der Waals surface area contributed by atoms with E-state index >= 15 is 0 Å². The summed E-state index contributed by atoms with van der Waals surface area (Å²) in [6, 6.07) is 0. The number of esters is 2. The number of allylic oxidation sites excluding steroid dienone is 2. The van der Waals surface area contributed by atoms with Gasteiger partial charge in [0, 0.05) is 24.5 Å². The number of carbonyl (C=O) groups is 2. The minimum absolute atomic E-state index is 0.110. The van der Waals surface area contributed by atoms with Gasteiger partial charge < -0.3 is 9.47 Å². The first-order chi connectivity index (χ1) is 30.3. The van der Waals surface area contributed by atoms with Crippen LogP contribution in [0.15, 0.2) is 34.9 Å². The average molecular weight is 867 g/mol. The molecule has 6 saturated carbocycles.